The molecule has 1 aromatic rings. The molecule has 0 radical (unpaired) electrons. The Morgan fingerprint density at radius 3 is 2.30 bits per heavy atom. The first-order valence-electron chi connectivity index (χ1n) is 6.88. The fraction of sp³-hybridized carbons (Fsp3) is 0.571. The highest BCUT2D eigenvalue weighted by molar-refractivity contribution is 7.89. The van der Waals surface area contributed by atoms with Crippen molar-refractivity contribution >= 4 is 10.0 Å². The van der Waals surface area contributed by atoms with E-state index in [0.717, 1.165) is 25.7 Å². The Hall–Kier alpha value is -0.980. The van der Waals surface area contributed by atoms with E-state index in [2.05, 4.69) is 10.0 Å². The van der Waals surface area contributed by atoms with Crippen LogP contribution in [0.2, 0.25) is 0 Å². The summed E-state index contributed by atoms with van der Waals surface area (Å²) in [5, 5.41) is 3.22. The first-order chi connectivity index (χ1) is 9.42. The Balaban J connectivity index is 2.08. The standard InChI is InChI=1S/C14H21FN2O2S/c1-10-9-11(15)3-8-14(10)20(18,19)17-13-6-4-12(16-2)5-7-13/h3,8-9,12-13,16-17H,4-7H2,1-2H3. The first-order valence-corrected chi connectivity index (χ1v) is 8.36. The van der Waals surface area contributed by atoms with Crippen molar-refractivity contribution in [3.8, 4) is 0 Å². The lowest BCUT2D eigenvalue weighted by Crippen LogP contribution is -2.41. The van der Waals surface area contributed by atoms with Gasteiger partial charge in [0.2, 0.25) is 10.0 Å². The molecule has 0 unspecified atom stereocenters. The fourth-order valence-electron chi connectivity index (χ4n) is 2.70. The highest BCUT2D eigenvalue weighted by Crippen LogP contribution is 2.22. The third-order valence-corrected chi connectivity index (χ3v) is 5.56. The minimum Gasteiger partial charge on any atom is -0.317 e. The Kier molecular flexibility index (Phi) is 4.78. The van der Waals surface area contributed by atoms with Crippen molar-refractivity contribution < 1.29 is 12.8 Å². The molecular formula is C14H21FN2O2S. The number of hydrogen-bond acceptors (Lipinski definition) is 3. The molecular weight excluding hydrogens is 279 g/mol. The monoisotopic (exact) mass is 300 g/mol. The fourth-order valence-corrected chi connectivity index (χ4v) is 4.23. The zero-order valence-corrected chi connectivity index (χ0v) is 12.6. The van der Waals surface area contributed by atoms with E-state index in [1.165, 1.54) is 18.2 Å². The quantitative estimate of drug-likeness (QED) is 0.893. The largest absolute Gasteiger partial charge is 0.317 e. The summed E-state index contributed by atoms with van der Waals surface area (Å²) in [5.41, 5.74) is 0.432. The molecule has 20 heavy (non-hydrogen) atoms. The van der Waals surface area contributed by atoms with Gasteiger partial charge in [0.1, 0.15) is 5.82 Å². The summed E-state index contributed by atoms with van der Waals surface area (Å²) in [6, 6.07) is 4.19. The van der Waals surface area contributed by atoms with Gasteiger partial charge >= 0.3 is 0 Å². The SMILES string of the molecule is CNC1CCC(NS(=O)(=O)c2ccc(F)cc2C)CC1. The van der Waals surface area contributed by atoms with E-state index in [4.69, 9.17) is 0 Å². The number of aryl methyl sites for hydroxylation is 1. The molecule has 0 spiro atoms. The molecule has 0 amide bonds. The normalized spacial score (nSPS) is 23.8. The van der Waals surface area contributed by atoms with Crippen LogP contribution in [0.5, 0.6) is 0 Å². The second-order valence-corrected chi connectivity index (χ2v) is 7.05. The van der Waals surface area contributed by atoms with E-state index in [1.807, 2.05) is 7.05 Å². The highest BCUT2D eigenvalue weighted by atomic mass is 32.2. The van der Waals surface area contributed by atoms with Gasteiger partial charge in [-0.15, -0.1) is 0 Å². The number of halogens is 1. The lowest BCUT2D eigenvalue weighted by molar-refractivity contribution is 0.342. The minimum absolute atomic E-state index is 0.0333. The van der Waals surface area contributed by atoms with Crippen molar-refractivity contribution in [3.05, 3.63) is 29.6 Å². The molecule has 1 saturated carbocycles. The highest BCUT2D eigenvalue weighted by Gasteiger charge is 2.25. The molecule has 0 saturated heterocycles. The smallest absolute Gasteiger partial charge is 0.241 e. The Morgan fingerprint density at radius 2 is 1.75 bits per heavy atom. The predicted octanol–water partition coefficient (Wildman–Crippen LogP) is 1.94. The van der Waals surface area contributed by atoms with Crippen LogP contribution in [0, 0.1) is 12.7 Å². The van der Waals surface area contributed by atoms with E-state index in [0.29, 0.717) is 11.6 Å². The zero-order valence-electron chi connectivity index (χ0n) is 11.8. The van der Waals surface area contributed by atoms with Gasteiger partial charge in [0.15, 0.2) is 0 Å². The lowest BCUT2D eigenvalue weighted by Gasteiger charge is -2.28. The zero-order chi connectivity index (χ0) is 14.8. The van der Waals surface area contributed by atoms with E-state index >= 15 is 0 Å². The number of benzene rings is 1. The molecule has 112 valence electrons. The van der Waals surface area contributed by atoms with Crippen molar-refractivity contribution in [2.24, 2.45) is 0 Å². The van der Waals surface area contributed by atoms with Crippen LogP contribution in [0.4, 0.5) is 4.39 Å². The average molecular weight is 300 g/mol. The van der Waals surface area contributed by atoms with Crippen LogP contribution >= 0.6 is 0 Å². The summed E-state index contributed by atoms with van der Waals surface area (Å²) in [4.78, 5) is 0.162. The molecule has 1 fully saturated rings. The molecule has 1 aromatic carbocycles. The molecule has 0 atom stereocenters. The van der Waals surface area contributed by atoms with E-state index in [1.54, 1.807) is 6.92 Å². The van der Waals surface area contributed by atoms with Crippen LogP contribution in [0.3, 0.4) is 0 Å². The molecule has 0 aromatic heterocycles. The Bertz CT molecular complexity index is 567. The van der Waals surface area contributed by atoms with Gasteiger partial charge in [0.05, 0.1) is 4.90 Å². The third-order valence-electron chi connectivity index (χ3n) is 3.88. The summed E-state index contributed by atoms with van der Waals surface area (Å²) in [6.07, 6.45) is 3.58. The summed E-state index contributed by atoms with van der Waals surface area (Å²) in [6.45, 7) is 1.61. The molecule has 1 aliphatic carbocycles. The molecule has 0 heterocycles. The van der Waals surface area contributed by atoms with Crippen molar-refractivity contribution in [2.75, 3.05) is 7.05 Å². The molecule has 2 N–H and O–H groups in total. The van der Waals surface area contributed by atoms with E-state index < -0.39 is 15.8 Å². The molecule has 1 aliphatic rings. The van der Waals surface area contributed by atoms with Crippen LogP contribution in [-0.4, -0.2) is 27.5 Å². The second kappa shape index (κ2) is 6.20. The molecule has 4 nitrogen and oxygen atoms in total. The van der Waals surface area contributed by atoms with E-state index in [-0.39, 0.29) is 10.9 Å². The first kappa shape index (κ1) is 15.4. The van der Waals surface area contributed by atoms with Gasteiger partial charge in [-0.3, -0.25) is 0 Å². The van der Waals surface area contributed by atoms with Crippen molar-refractivity contribution in [1.82, 2.24) is 10.0 Å². The summed E-state index contributed by atoms with van der Waals surface area (Å²) >= 11 is 0. The number of nitrogens with one attached hydrogen (secondary N) is 2. The summed E-state index contributed by atoms with van der Waals surface area (Å²) in [5.74, 6) is -0.420. The van der Waals surface area contributed by atoms with Gasteiger partial charge in [-0.1, -0.05) is 0 Å². The maximum absolute atomic E-state index is 13.1. The van der Waals surface area contributed by atoms with Crippen molar-refractivity contribution in [1.29, 1.82) is 0 Å². The number of hydrogen-bond donors (Lipinski definition) is 2. The molecule has 2 rings (SSSR count). The van der Waals surface area contributed by atoms with E-state index in [9.17, 15) is 12.8 Å². The van der Waals surface area contributed by atoms with Gasteiger partial charge in [0.25, 0.3) is 0 Å². The summed E-state index contributed by atoms with van der Waals surface area (Å²) in [7, 11) is -1.64. The molecule has 0 bridgehead atoms. The van der Waals surface area contributed by atoms with Crippen LogP contribution in [0.1, 0.15) is 31.2 Å². The second-order valence-electron chi connectivity index (χ2n) is 5.37. The minimum atomic E-state index is -3.57. The molecule has 0 aliphatic heterocycles. The van der Waals surface area contributed by atoms with Gasteiger partial charge in [-0.25, -0.2) is 17.5 Å². The van der Waals surface area contributed by atoms with Gasteiger partial charge < -0.3 is 5.32 Å². The Morgan fingerprint density at radius 1 is 1.15 bits per heavy atom. The van der Waals surface area contributed by atoms with Gasteiger partial charge in [-0.2, -0.15) is 0 Å². The third kappa shape index (κ3) is 3.56. The van der Waals surface area contributed by atoms with Crippen molar-refractivity contribution in [3.63, 3.8) is 0 Å². The van der Waals surface area contributed by atoms with Crippen LogP contribution in [0.25, 0.3) is 0 Å². The lowest BCUT2D eigenvalue weighted by atomic mass is 9.92. The Labute approximate surface area is 119 Å². The average Bonchev–Trinajstić information content (AvgIpc) is 2.38. The number of sulfonamides is 1. The summed E-state index contributed by atoms with van der Waals surface area (Å²) < 4.78 is 40.5. The maximum Gasteiger partial charge on any atom is 0.241 e. The van der Waals surface area contributed by atoms with Crippen molar-refractivity contribution in [2.45, 2.75) is 49.6 Å². The van der Waals surface area contributed by atoms with Crippen LogP contribution < -0.4 is 10.0 Å². The van der Waals surface area contributed by atoms with Crippen LogP contribution in [0.15, 0.2) is 23.1 Å². The number of rotatable bonds is 4. The maximum atomic E-state index is 13.1. The van der Waals surface area contributed by atoms with Crippen LogP contribution in [-0.2, 0) is 10.0 Å². The van der Waals surface area contributed by atoms with Gasteiger partial charge in [0, 0.05) is 12.1 Å². The molecule has 6 heteroatoms. The topological polar surface area (TPSA) is 58.2 Å². The predicted molar refractivity (Wildman–Crippen MR) is 76.6 cm³/mol. The van der Waals surface area contributed by atoms with Gasteiger partial charge in [-0.05, 0) is 63.4 Å².